The molecule has 3 atom stereocenters. The van der Waals surface area contributed by atoms with Crippen LogP contribution in [0.15, 0.2) is 59.1 Å². The van der Waals surface area contributed by atoms with Gasteiger partial charge in [0.05, 0.1) is 19.7 Å². The second-order valence-electron chi connectivity index (χ2n) is 8.95. The Morgan fingerprint density at radius 1 is 1.18 bits per heavy atom. The fourth-order valence-electron chi connectivity index (χ4n) is 4.18. The van der Waals surface area contributed by atoms with Crippen molar-refractivity contribution in [2.45, 2.75) is 51.1 Å². The molecular weight excluding hydrogens is 520 g/mol. The topological polar surface area (TPSA) is 164 Å². The Labute approximate surface area is 233 Å². The van der Waals surface area contributed by atoms with E-state index in [0.717, 1.165) is 18.4 Å². The van der Waals surface area contributed by atoms with Gasteiger partial charge in [0.1, 0.15) is 12.0 Å². The van der Waals surface area contributed by atoms with Crippen molar-refractivity contribution >= 4 is 36.1 Å². The van der Waals surface area contributed by atoms with Gasteiger partial charge in [-0.15, -0.1) is 0 Å². The fourth-order valence-corrected chi connectivity index (χ4v) is 4.18. The summed E-state index contributed by atoms with van der Waals surface area (Å²) in [6, 6.07) is 7.71. The first-order valence-corrected chi connectivity index (χ1v) is 12.9. The van der Waals surface area contributed by atoms with Crippen molar-refractivity contribution in [1.82, 2.24) is 15.5 Å². The number of carboxylic acid groups (broad SMARTS) is 1. The highest BCUT2D eigenvalue weighted by molar-refractivity contribution is 5.99. The summed E-state index contributed by atoms with van der Waals surface area (Å²) in [5.41, 5.74) is 1.01. The summed E-state index contributed by atoms with van der Waals surface area (Å²) in [6.07, 6.45) is 7.52. The molecule has 2 rings (SSSR count). The van der Waals surface area contributed by atoms with Crippen LogP contribution in [-0.2, 0) is 28.7 Å². The van der Waals surface area contributed by atoms with E-state index in [1.54, 1.807) is 11.8 Å². The quantitative estimate of drug-likeness (QED) is 0.153. The molecule has 0 bridgehead atoms. The van der Waals surface area contributed by atoms with Crippen molar-refractivity contribution < 1.29 is 38.6 Å². The molecule has 1 fully saturated rings. The van der Waals surface area contributed by atoms with Crippen LogP contribution in [0.4, 0.5) is 4.79 Å². The van der Waals surface area contributed by atoms with Gasteiger partial charge in [-0.2, -0.15) is 0 Å². The fraction of sp³-hybridized carbons (Fsp3) is 0.429. The van der Waals surface area contributed by atoms with Crippen molar-refractivity contribution in [3.05, 3.63) is 59.7 Å². The number of piperidine rings is 1. The van der Waals surface area contributed by atoms with E-state index in [-0.39, 0.29) is 18.8 Å². The summed E-state index contributed by atoms with van der Waals surface area (Å²) >= 11 is 0. The first kappa shape index (κ1) is 31.7. The van der Waals surface area contributed by atoms with Crippen molar-refractivity contribution in [3.63, 3.8) is 0 Å². The van der Waals surface area contributed by atoms with Gasteiger partial charge >= 0.3 is 18.0 Å². The van der Waals surface area contributed by atoms with Crippen LogP contribution >= 0.6 is 0 Å². The number of carbonyl (C=O) groups excluding carboxylic acids is 4. The number of nitrogens with one attached hydrogen (secondary N) is 2. The van der Waals surface area contributed by atoms with Gasteiger partial charge in [0.2, 0.25) is 5.91 Å². The molecule has 0 radical (unpaired) electrons. The lowest BCUT2D eigenvalue weighted by Gasteiger charge is -2.38. The Morgan fingerprint density at radius 2 is 1.90 bits per heavy atom. The van der Waals surface area contributed by atoms with Crippen LogP contribution < -0.4 is 10.6 Å². The minimum Gasteiger partial charge on any atom is -0.480 e. The zero-order valence-electron chi connectivity index (χ0n) is 22.9. The zero-order valence-corrected chi connectivity index (χ0v) is 22.9. The third-order valence-corrected chi connectivity index (χ3v) is 6.24. The smallest absolute Gasteiger partial charge is 0.411 e. The maximum Gasteiger partial charge on any atom is 0.411 e. The summed E-state index contributed by atoms with van der Waals surface area (Å²) in [5, 5.41) is 13.5. The van der Waals surface area contributed by atoms with Crippen LogP contribution in [0.25, 0.3) is 0 Å². The molecular formula is C28H36N4O8. The van der Waals surface area contributed by atoms with Gasteiger partial charge in [-0.1, -0.05) is 36.4 Å². The minimum atomic E-state index is -1.19. The first-order valence-electron chi connectivity index (χ1n) is 12.9. The lowest BCUT2D eigenvalue weighted by molar-refractivity contribution is -0.144. The highest BCUT2D eigenvalue weighted by atomic mass is 16.6. The molecule has 12 heteroatoms. The number of amides is 3. The summed E-state index contributed by atoms with van der Waals surface area (Å²) < 4.78 is 10.4. The minimum absolute atomic E-state index is 0.244. The SMILES string of the molecule is C/C=C(\C=C/C=NCOC(=O)N1CCCCC1C(C(=O)OC)c1ccccc1)C(=O)NCC(=O)NC(C)C(=O)O. The van der Waals surface area contributed by atoms with E-state index in [4.69, 9.17) is 14.6 Å². The molecule has 3 N–H and O–H groups in total. The van der Waals surface area contributed by atoms with Crippen LogP contribution in [0, 0.1) is 0 Å². The Bertz CT molecular complexity index is 1130. The molecule has 0 spiro atoms. The molecule has 1 aliphatic rings. The molecule has 1 heterocycles. The average molecular weight is 557 g/mol. The number of likely N-dealkylation sites (tertiary alicyclic amines) is 1. The predicted molar refractivity (Wildman–Crippen MR) is 147 cm³/mol. The highest BCUT2D eigenvalue weighted by Gasteiger charge is 2.39. The average Bonchev–Trinajstić information content (AvgIpc) is 2.96. The van der Waals surface area contributed by atoms with Crippen LogP contribution in [-0.4, -0.2) is 85.1 Å². The Morgan fingerprint density at radius 3 is 2.55 bits per heavy atom. The monoisotopic (exact) mass is 556 g/mol. The van der Waals surface area contributed by atoms with Crippen molar-refractivity contribution in [3.8, 4) is 0 Å². The van der Waals surface area contributed by atoms with Gasteiger partial charge in [-0.05, 0) is 50.8 Å². The number of rotatable bonds is 12. The molecule has 1 saturated heterocycles. The van der Waals surface area contributed by atoms with Crippen LogP contribution in [0.1, 0.15) is 44.6 Å². The van der Waals surface area contributed by atoms with Gasteiger partial charge in [0, 0.05) is 18.3 Å². The molecule has 0 aromatic heterocycles. The van der Waals surface area contributed by atoms with Gasteiger partial charge in [-0.25, -0.2) is 4.79 Å². The standard InChI is InChI=1S/C28H36N4O8/c1-4-20(25(34)30-17-23(33)31-19(2)26(35)36)13-10-15-29-18-40-28(38)32-16-9-8-14-22(32)24(27(37)39-3)21-11-6-5-7-12-21/h4-7,10-13,15,19,22,24H,8-9,14,16-18H2,1-3H3,(H,30,34)(H,31,33)(H,35,36)/b13-10-,20-4+,29-15?. The van der Waals surface area contributed by atoms with Gasteiger partial charge in [-0.3, -0.25) is 24.2 Å². The number of methoxy groups -OCH3 is 1. The van der Waals surface area contributed by atoms with Crippen molar-refractivity contribution in [2.24, 2.45) is 4.99 Å². The summed E-state index contributed by atoms with van der Waals surface area (Å²) in [7, 11) is 1.33. The maximum absolute atomic E-state index is 12.9. The molecule has 216 valence electrons. The Hall–Kier alpha value is -4.48. The van der Waals surface area contributed by atoms with E-state index in [0.29, 0.717) is 13.0 Å². The van der Waals surface area contributed by atoms with E-state index in [1.165, 1.54) is 38.5 Å². The number of aliphatic imine (C=N–C) groups is 1. The highest BCUT2D eigenvalue weighted by Crippen LogP contribution is 2.32. The molecule has 12 nitrogen and oxygen atoms in total. The number of hydrogen-bond donors (Lipinski definition) is 3. The molecule has 1 aromatic carbocycles. The summed E-state index contributed by atoms with van der Waals surface area (Å²) in [5.74, 6) is -3.41. The van der Waals surface area contributed by atoms with E-state index in [9.17, 15) is 24.0 Å². The third kappa shape index (κ3) is 9.68. The number of esters is 1. The lowest BCUT2D eigenvalue weighted by Crippen LogP contribution is -2.49. The zero-order chi connectivity index (χ0) is 29.5. The number of carboxylic acids is 1. The van der Waals surface area contributed by atoms with Gasteiger partial charge in [0.15, 0.2) is 6.73 Å². The number of nitrogens with zero attached hydrogens (tertiary/aromatic N) is 2. The lowest BCUT2D eigenvalue weighted by atomic mass is 9.85. The molecule has 1 aromatic rings. The molecule has 3 amide bonds. The Kier molecular flexibility index (Phi) is 13.1. The number of hydrogen-bond acceptors (Lipinski definition) is 8. The summed E-state index contributed by atoms with van der Waals surface area (Å²) in [4.78, 5) is 65.9. The number of aliphatic carboxylic acids is 1. The van der Waals surface area contributed by atoms with Gasteiger partial charge in [0.25, 0.3) is 5.91 Å². The maximum atomic E-state index is 12.9. The molecule has 3 unspecified atom stereocenters. The third-order valence-electron chi connectivity index (χ3n) is 6.24. The van der Waals surface area contributed by atoms with Gasteiger partial charge < -0.3 is 30.1 Å². The van der Waals surface area contributed by atoms with E-state index < -0.39 is 47.8 Å². The largest absolute Gasteiger partial charge is 0.480 e. The predicted octanol–water partition coefficient (Wildman–Crippen LogP) is 2.17. The molecule has 1 aliphatic heterocycles. The van der Waals surface area contributed by atoms with Crippen LogP contribution in [0.5, 0.6) is 0 Å². The van der Waals surface area contributed by atoms with E-state index in [1.807, 2.05) is 30.3 Å². The summed E-state index contributed by atoms with van der Waals surface area (Å²) in [6.45, 7) is 2.74. The Balaban J connectivity index is 1.90. The first-order chi connectivity index (χ1) is 19.2. The molecule has 0 aliphatic carbocycles. The van der Waals surface area contributed by atoms with E-state index in [2.05, 4.69) is 15.6 Å². The number of carbonyl (C=O) groups is 5. The van der Waals surface area contributed by atoms with Crippen LogP contribution in [0.3, 0.4) is 0 Å². The molecule has 40 heavy (non-hydrogen) atoms. The number of allylic oxidation sites excluding steroid dienone is 2. The second-order valence-corrected chi connectivity index (χ2v) is 8.95. The van der Waals surface area contributed by atoms with Crippen molar-refractivity contribution in [1.29, 1.82) is 0 Å². The van der Waals surface area contributed by atoms with Crippen molar-refractivity contribution in [2.75, 3.05) is 26.9 Å². The second kappa shape index (κ2) is 16.5. The normalized spacial score (nSPS) is 17.2. The van der Waals surface area contributed by atoms with E-state index >= 15 is 0 Å². The number of benzene rings is 1. The number of ether oxygens (including phenoxy) is 2. The molecule has 0 saturated carbocycles. The van der Waals surface area contributed by atoms with Crippen LogP contribution in [0.2, 0.25) is 0 Å².